The molecule has 1 atom stereocenters. The van der Waals surface area contributed by atoms with E-state index in [1.807, 2.05) is 6.92 Å². The Kier molecular flexibility index (Phi) is 7.27. The second-order valence-corrected chi connectivity index (χ2v) is 4.78. The summed E-state index contributed by atoms with van der Waals surface area (Å²) in [6, 6.07) is 0. The number of ether oxygens (including phenoxy) is 2. The predicted molar refractivity (Wildman–Crippen MR) is 75.6 cm³/mol. The lowest BCUT2D eigenvalue weighted by atomic mass is 10.3. The number of rotatable bonds is 8. The highest BCUT2D eigenvalue weighted by atomic mass is 32.2. The number of nitrogen functional groups attached to an aromatic ring is 1. The van der Waals surface area contributed by atoms with Crippen LogP contribution in [-0.4, -0.2) is 52.7 Å². The molecule has 112 valence electrons. The van der Waals surface area contributed by atoms with E-state index in [9.17, 15) is 9.90 Å². The zero-order valence-electron chi connectivity index (χ0n) is 11.5. The van der Waals surface area contributed by atoms with Gasteiger partial charge in [0, 0.05) is 18.6 Å². The number of nitrogens with two attached hydrogens (primary N) is 1. The molecule has 8 heteroatoms. The van der Waals surface area contributed by atoms with Crippen molar-refractivity contribution in [3.63, 3.8) is 0 Å². The zero-order chi connectivity index (χ0) is 15.0. The van der Waals surface area contributed by atoms with Gasteiger partial charge in [-0.25, -0.2) is 14.8 Å². The molecule has 0 aliphatic carbocycles. The molecule has 0 saturated heterocycles. The normalized spacial score (nSPS) is 12.2. The van der Waals surface area contributed by atoms with Crippen molar-refractivity contribution in [2.24, 2.45) is 0 Å². The minimum atomic E-state index is -0.602. The van der Waals surface area contributed by atoms with E-state index in [4.69, 9.17) is 15.2 Å². The second-order valence-electron chi connectivity index (χ2n) is 3.80. The van der Waals surface area contributed by atoms with Gasteiger partial charge in [-0.1, -0.05) is 11.8 Å². The van der Waals surface area contributed by atoms with E-state index in [0.29, 0.717) is 17.5 Å². The van der Waals surface area contributed by atoms with Gasteiger partial charge >= 0.3 is 5.97 Å². The van der Waals surface area contributed by atoms with Crippen LogP contribution in [0.5, 0.6) is 0 Å². The van der Waals surface area contributed by atoms with E-state index in [1.54, 1.807) is 6.92 Å². The SMILES string of the molecule is CCOCC(O)CSc1ncc(C(=O)OCC)c(N)n1. The van der Waals surface area contributed by atoms with E-state index in [0.717, 1.165) is 0 Å². The standard InChI is InChI=1S/C12H19N3O4S/c1-3-18-6-8(16)7-20-12-14-5-9(10(13)15-12)11(17)19-4-2/h5,8,16H,3-4,6-7H2,1-2H3,(H2,13,14,15). The van der Waals surface area contributed by atoms with Gasteiger partial charge in [-0.05, 0) is 13.8 Å². The molecule has 0 bridgehead atoms. The minimum Gasteiger partial charge on any atom is -0.462 e. The van der Waals surface area contributed by atoms with Crippen molar-refractivity contribution in [2.75, 3.05) is 31.3 Å². The number of anilines is 1. The number of hydrogen-bond donors (Lipinski definition) is 2. The molecule has 0 aliphatic heterocycles. The molecule has 1 aromatic heterocycles. The smallest absolute Gasteiger partial charge is 0.343 e. The van der Waals surface area contributed by atoms with Crippen molar-refractivity contribution in [1.82, 2.24) is 9.97 Å². The Morgan fingerprint density at radius 3 is 2.85 bits per heavy atom. The second kappa shape index (κ2) is 8.72. The molecule has 0 radical (unpaired) electrons. The number of aromatic nitrogens is 2. The first-order valence-electron chi connectivity index (χ1n) is 6.26. The molecule has 1 aromatic rings. The van der Waals surface area contributed by atoms with Crippen molar-refractivity contribution in [2.45, 2.75) is 25.1 Å². The third-order valence-electron chi connectivity index (χ3n) is 2.21. The summed E-state index contributed by atoms with van der Waals surface area (Å²) in [7, 11) is 0. The summed E-state index contributed by atoms with van der Waals surface area (Å²) >= 11 is 1.24. The number of aliphatic hydroxyl groups is 1. The maximum Gasteiger partial charge on any atom is 0.343 e. The molecule has 0 saturated carbocycles. The van der Waals surface area contributed by atoms with Crippen LogP contribution < -0.4 is 5.73 Å². The van der Waals surface area contributed by atoms with Gasteiger partial charge in [0.05, 0.1) is 19.3 Å². The van der Waals surface area contributed by atoms with Gasteiger partial charge < -0.3 is 20.3 Å². The van der Waals surface area contributed by atoms with Gasteiger partial charge in [-0.15, -0.1) is 0 Å². The average Bonchev–Trinajstić information content (AvgIpc) is 2.43. The summed E-state index contributed by atoms with van der Waals surface area (Å²) in [5, 5.41) is 10.0. The van der Waals surface area contributed by atoms with Crippen molar-refractivity contribution >= 4 is 23.5 Å². The third kappa shape index (κ3) is 5.32. The minimum absolute atomic E-state index is 0.0697. The van der Waals surface area contributed by atoms with Crippen LogP contribution >= 0.6 is 11.8 Å². The fourth-order valence-corrected chi connectivity index (χ4v) is 2.01. The van der Waals surface area contributed by atoms with E-state index in [2.05, 4.69) is 9.97 Å². The van der Waals surface area contributed by atoms with Crippen LogP contribution in [0.2, 0.25) is 0 Å². The van der Waals surface area contributed by atoms with E-state index in [1.165, 1.54) is 18.0 Å². The monoisotopic (exact) mass is 301 g/mol. The van der Waals surface area contributed by atoms with Crippen molar-refractivity contribution in [3.8, 4) is 0 Å². The van der Waals surface area contributed by atoms with Crippen molar-refractivity contribution in [1.29, 1.82) is 0 Å². The molecule has 0 aromatic carbocycles. The number of esters is 1. The number of nitrogens with zero attached hydrogens (tertiary/aromatic N) is 2. The number of carbonyl (C=O) groups excluding carboxylic acids is 1. The van der Waals surface area contributed by atoms with Crippen LogP contribution in [0.25, 0.3) is 0 Å². The Bertz CT molecular complexity index is 445. The fraction of sp³-hybridized carbons (Fsp3) is 0.583. The van der Waals surface area contributed by atoms with Crippen LogP contribution in [-0.2, 0) is 9.47 Å². The predicted octanol–water partition coefficient (Wildman–Crippen LogP) is 0.725. The first-order valence-corrected chi connectivity index (χ1v) is 7.25. The van der Waals surface area contributed by atoms with Crippen LogP contribution in [0, 0.1) is 0 Å². The summed E-state index contributed by atoms with van der Waals surface area (Å²) in [5.74, 6) is -0.0868. The Hall–Kier alpha value is -1.38. The fourth-order valence-electron chi connectivity index (χ4n) is 1.29. The van der Waals surface area contributed by atoms with Gasteiger partial charge in [0.2, 0.25) is 0 Å². The Balaban J connectivity index is 2.57. The van der Waals surface area contributed by atoms with Crippen molar-refractivity contribution in [3.05, 3.63) is 11.8 Å². The third-order valence-corrected chi connectivity index (χ3v) is 3.22. The summed E-state index contributed by atoms with van der Waals surface area (Å²) in [5.41, 5.74) is 5.83. The molecule has 3 N–H and O–H groups in total. The summed E-state index contributed by atoms with van der Waals surface area (Å²) in [4.78, 5) is 19.5. The molecule has 1 heterocycles. The van der Waals surface area contributed by atoms with Gasteiger partial charge in [0.1, 0.15) is 11.4 Å². The first-order chi connectivity index (χ1) is 9.58. The molecule has 0 fully saturated rings. The van der Waals surface area contributed by atoms with Crippen LogP contribution in [0.15, 0.2) is 11.4 Å². The summed E-state index contributed by atoms with van der Waals surface area (Å²) in [6.07, 6.45) is 0.729. The average molecular weight is 301 g/mol. The molecule has 0 aliphatic rings. The molecule has 0 amide bonds. The van der Waals surface area contributed by atoms with Gasteiger partial charge in [-0.2, -0.15) is 0 Å². The summed E-state index contributed by atoms with van der Waals surface area (Å²) in [6.45, 7) is 4.65. The molecular weight excluding hydrogens is 282 g/mol. The molecule has 7 nitrogen and oxygen atoms in total. The topological polar surface area (TPSA) is 108 Å². The van der Waals surface area contributed by atoms with Crippen molar-refractivity contribution < 1.29 is 19.4 Å². The molecular formula is C12H19N3O4S. The lowest BCUT2D eigenvalue weighted by molar-refractivity contribution is 0.0526. The lowest BCUT2D eigenvalue weighted by Gasteiger charge is -2.10. The highest BCUT2D eigenvalue weighted by molar-refractivity contribution is 7.99. The van der Waals surface area contributed by atoms with Crippen LogP contribution in [0.3, 0.4) is 0 Å². The van der Waals surface area contributed by atoms with Crippen LogP contribution in [0.1, 0.15) is 24.2 Å². The maximum atomic E-state index is 11.5. The highest BCUT2D eigenvalue weighted by Crippen LogP contribution is 2.18. The molecule has 0 spiro atoms. The Morgan fingerprint density at radius 1 is 1.50 bits per heavy atom. The first kappa shape index (κ1) is 16.7. The number of hydrogen-bond acceptors (Lipinski definition) is 8. The number of thioether (sulfide) groups is 1. The Labute approximate surface area is 121 Å². The maximum absolute atomic E-state index is 11.5. The number of aliphatic hydroxyl groups excluding tert-OH is 1. The highest BCUT2D eigenvalue weighted by Gasteiger charge is 2.14. The van der Waals surface area contributed by atoms with E-state index < -0.39 is 12.1 Å². The van der Waals surface area contributed by atoms with Crippen LogP contribution in [0.4, 0.5) is 5.82 Å². The quantitative estimate of drug-likeness (QED) is 0.411. The zero-order valence-corrected chi connectivity index (χ0v) is 12.4. The lowest BCUT2D eigenvalue weighted by Crippen LogP contribution is -2.18. The van der Waals surface area contributed by atoms with Gasteiger partial charge in [-0.3, -0.25) is 0 Å². The molecule has 1 unspecified atom stereocenters. The summed E-state index contributed by atoms with van der Waals surface area (Å²) < 4.78 is 9.92. The Morgan fingerprint density at radius 2 is 2.25 bits per heavy atom. The molecule has 1 rings (SSSR count). The van der Waals surface area contributed by atoms with E-state index in [-0.39, 0.29) is 24.6 Å². The van der Waals surface area contributed by atoms with E-state index >= 15 is 0 Å². The largest absolute Gasteiger partial charge is 0.462 e. The van der Waals surface area contributed by atoms with Gasteiger partial charge in [0.15, 0.2) is 5.16 Å². The molecule has 20 heavy (non-hydrogen) atoms. The van der Waals surface area contributed by atoms with Gasteiger partial charge in [0.25, 0.3) is 0 Å². The number of carbonyl (C=O) groups is 1.